The molecule has 2 fully saturated rings. The van der Waals surface area contributed by atoms with E-state index in [0.717, 1.165) is 50.8 Å². The number of hydrogen-bond donors (Lipinski definition) is 4. The first-order valence-corrected chi connectivity index (χ1v) is 15.3. The van der Waals surface area contributed by atoms with Gasteiger partial charge in [0.15, 0.2) is 0 Å². The Labute approximate surface area is 271 Å². The lowest BCUT2D eigenvalue weighted by Gasteiger charge is -2.37. The highest BCUT2D eigenvalue weighted by Crippen LogP contribution is 2.41. The van der Waals surface area contributed by atoms with Gasteiger partial charge in [-0.05, 0) is 70.5 Å². The van der Waals surface area contributed by atoms with E-state index in [-0.39, 0.29) is 52.3 Å². The number of carbonyl (C=O) groups is 2. The van der Waals surface area contributed by atoms with Crippen LogP contribution in [0.15, 0.2) is 43.0 Å². The van der Waals surface area contributed by atoms with Gasteiger partial charge in [0.2, 0.25) is 17.7 Å². The summed E-state index contributed by atoms with van der Waals surface area (Å²) in [5, 5.41) is 19.5. The number of rotatable bonds is 13. The third-order valence-corrected chi connectivity index (χ3v) is 8.26. The van der Waals surface area contributed by atoms with Gasteiger partial charge in [-0.25, -0.2) is 4.39 Å². The summed E-state index contributed by atoms with van der Waals surface area (Å²) in [5.41, 5.74) is 0.826. The third kappa shape index (κ3) is 7.49. The van der Waals surface area contributed by atoms with Crippen molar-refractivity contribution < 1.29 is 28.6 Å². The molecule has 244 valence electrons. The Kier molecular flexibility index (Phi) is 9.94. The first-order valence-electron chi connectivity index (χ1n) is 14.9. The van der Waals surface area contributed by atoms with Gasteiger partial charge in [-0.15, -0.1) is 0 Å². The Hall–Kier alpha value is -4.46. The topological polar surface area (TPSA) is 141 Å². The lowest BCUT2D eigenvalue weighted by atomic mass is 9.96. The molecule has 3 aromatic rings. The van der Waals surface area contributed by atoms with Gasteiger partial charge < -0.3 is 40.3 Å². The van der Waals surface area contributed by atoms with E-state index >= 15 is 0 Å². The zero-order valence-electron chi connectivity index (χ0n) is 25.9. The van der Waals surface area contributed by atoms with Crippen LogP contribution in [0.3, 0.4) is 0 Å². The van der Waals surface area contributed by atoms with Crippen molar-refractivity contribution in [3.05, 3.63) is 59.4 Å². The number of carbonyl (C=O) groups excluding carboxylic acids is 2. The Balaban J connectivity index is 1.52. The van der Waals surface area contributed by atoms with E-state index in [1.54, 1.807) is 6.07 Å². The summed E-state index contributed by atoms with van der Waals surface area (Å²) in [5.74, 6) is -0.575. The zero-order valence-corrected chi connectivity index (χ0v) is 26.7. The van der Waals surface area contributed by atoms with Crippen molar-refractivity contribution >= 4 is 58.5 Å². The maximum Gasteiger partial charge on any atom is 0.299 e. The number of benzene rings is 2. The van der Waals surface area contributed by atoms with Gasteiger partial charge in [0.1, 0.15) is 17.4 Å². The molecule has 3 heterocycles. The van der Waals surface area contributed by atoms with Crippen LogP contribution in [0.5, 0.6) is 11.6 Å². The van der Waals surface area contributed by atoms with E-state index in [0.29, 0.717) is 17.1 Å². The molecule has 4 N–H and O–H groups in total. The van der Waals surface area contributed by atoms with E-state index in [2.05, 4.69) is 42.3 Å². The highest BCUT2D eigenvalue weighted by Gasteiger charge is 2.31. The minimum Gasteiger partial charge on any atom is -0.494 e. The van der Waals surface area contributed by atoms with Crippen molar-refractivity contribution in [2.24, 2.45) is 0 Å². The lowest BCUT2D eigenvalue weighted by molar-refractivity contribution is -0.121. The molecule has 0 spiro atoms. The van der Waals surface area contributed by atoms with Crippen LogP contribution in [0.25, 0.3) is 0 Å². The first kappa shape index (κ1) is 32.9. The Bertz CT molecular complexity index is 1630. The van der Waals surface area contributed by atoms with E-state index in [1.165, 1.54) is 45.6 Å². The molecular formula is C32H37ClFN7O5. The molecular weight excluding hydrogens is 617 g/mol. The van der Waals surface area contributed by atoms with E-state index in [1.807, 2.05) is 6.07 Å². The fraction of sp³-hybridized carbons (Fsp3) is 0.375. The Morgan fingerprint density at radius 1 is 1.13 bits per heavy atom. The van der Waals surface area contributed by atoms with Crippen molar-refractivity contribution in [2.75, 3.05) is 54.1 Å². The van der Waals surface area contributed by atoms with Gasteiger partial charge in [0.05, 0.1) is 34.8 Å². The zero-order chi connectivity index (χ0) is 33.0. The fourth-order valence-corrected chi connectivity index (χ4v) is 5.80. The molecule has 2 aliphatic heterocycles. The number of nitrogens with one attached hydrogen (secondary N) is 3. The highest BCUT2D eigenvalue weighted by atomic mass is 35.5. The summed E-state index contributed by atoms with van der Waals surface area (Å²) < 4.78 is 25.1. The van der Waals surface area contributed by atoms with Gasteiger partial charge in [-0.1, -0.05) is 18.2 Å². The van der Waals surface area contributed by atoms with Gasteiger partial charge in [-0.3, -0.25) is 9.59 Å². The van der Waals surface area contributed by atoms with Gasteiger partial charge in [0, 0.05) is 42.5 Å². The Morgan fingerprint density at radius 3 is 2.57 bits per heavy atom. The number of hydrogen-bond acceptors (Lipinski definition) is 11. The molecule has 0 aliphatic carbocycles. The Morgan fingerprint density at radius 2 is 1.91 bits per heavy atom. The van der Waals surface area contributed by atoms with Gasteiger partial charge in [0.25, 0.3) is 6.47 Å². The molecule has 1 atom stereocenters. The minimum absolute atomic E-state index is 0.00347. The highest BCUT2D eigenvalue weighted by molar-refractivity contribution is 6.31. The number of nitrogens with zero attached hydrogens (tertiary/aromatic N) is 4. The van der Waals surface area contributed by atoms with E-state index < -0.39 is 11.4 Å². The number of amides is 1. The smallest absolute Gasteiger partial charge is 0.299 e. The lowest BCUT2D eigenvalue weighted by Crippen LogP contribution is -2.46. The molecule has 0 bridgehead atoms. The SMILES string of the molecule is C=CC(=O)Nc1cc(Nc2nc(Nc3cc(Cl)c(F)cc3C(C)(C)O)cc(OC=O)n2)c(OC)cc1N1CCC[C@@H]1CN1CCC1. The second kappa shape index (κ2) is 13.9. The van der Waals surface area contributed by atoms with Crippen LogP contribution in [-0.2, 0) is 15.2 Å². The number of aliphatic hydroxyl groups is 1. The fourth-order valence-electron chi connectivity index (χ4n) is 5.63. The second-order valence-electron chi connectivity index (χ2n) is 11.7. The predicted molar refractivity (Wildman–Crippen MR) is 175 cm³/mol. The van der Waals surface area contributed by atoms with Crippen LogP contribution in [-0.4, -0.2) is 71.7 Å². The molecule has 0 radical (unpaired) electrons. The van der Waals surface area contributed by atoms with Crippen LogP contribution in [0.1, 0.15) is 38.7 Å². The molecule has 14 heteroatoms. The summed E-state index contributed by atoms with van der Waals surface area (Å²) in [6.45, 7) is 10.8. The molecule has 1 amide bonds. The third-order valence-electron chi connectivity index (χ3n) is 7.97. The van der Waals surface area contributed by atoms with Crippen LogP contribution in [0.4, 0.5) is 38.9 Å². The second-order valence-corrected chi connectivity index (χ2v) is 12.1. The summed E-state index contributed by atoms with van der Waals surface area (Å²) in [4.78, 5) is 37.3. The molecule has 1 aromatic heterocycles. The molecule has 2 aromatic carbocycles. The molecule has 5 rings (SSSR count). The van der Waals surface area contributed by atoms with Gasteiger partial charge in [-0.2, -0.15) is 9.97 Å². The van der Waals surface area contributed by atoms with Crippen molar-refractivity contribution in [3.8, 4) is 11.6 Å². The average Bonchev–Trinajstić information content (AvgIpc) is 3.44. The number of likely N-dealkylation sites (tertiary alicyclic amines) is 1. The number of anilines is 6. The maximum atomic E-state index is 14.3. The summed E-state index contributed by atoms with van der Waals surface area (Å²) in [6.07, 6.45) is 4.47. The number of ether oxygens (including phenoxy) is 2. The van der Waals surface area contributed by atoms with Crippen molar-refractivity contribution in [1.29, 1.82) is 0 Å². The number of halogens is 2. The standard InChI is InChI=1S/C32H37ClFN7O5/c1-5-29(43)36-24-14-25(27(45-4)15-26(24)41-11-6-8-19(41)17-40-9-7-10-40)37-31-38-28(16-30(39-31)46-18-42)35-23-13-21(33)22(34)12-20(23)32(2,3)44/h5,12-16,18-19,44H,1,6-11,17H2,2-4H3,(H,36,43)(H2,35,37,38,39)/t19-/m1/s1. The van der Waals surface area contributed by atoms with Crippen LogP contribution in [0.2, 0.25) is 5.02 Å². The first-order chi connectivity index (χ1) is 22.0. The molecule has 12 nitrogen and oxygen atoms in total. The molecule has 0 saturated carbocycles. The molecule has 46 heavy (non-hydrogen) atoms. The monoisotopic (exact) mass is 653 g/mol. The average molecular weight is 654 g/mol. The molecule has 0 unspecified atom stereocenters. The quantitative estimate of drug-likeness (QED) is 0.141. The number of aromatic nitrogens is 2. The summed E-state index contributed by atoms with van der Waals surface area (Å²) in [7, 11) is 1.53. The molecule has 2 saturated heterocycles. The van der Waals surface area contributed by atoms with Crippen molar-refractivity contribution in [2.45, 2.75) is 44.8 Å². The number of methoxy groups -OCH3 is 1. The normalized spacial score (nSPS) is 16.4. The largest absolute Gasteiger partial charge is 0.494 e. The van der Waals surface area contributed by atoms with Crippen molar-refractivity contribution in [1.82, 2.24) is 14.9 Å². The van der Waals surface area contributed by atoms with Crippen LogP contribution >= 0.6 is 11.6 Å². The predicted octanol–water partition coefficient (Wildman–Crippen LogP) is 5.33. The minimum atomic E-state index is -1.44. The maximum absolute atomic E-state index is 14.3. The van der Waals surface area contributed by atoms with Crippen LogP contribution < -0.4 is 30.3 Å². The van der Waals surface area contributed by atoms with Gasteiger partial charge >= 0.3 is 0 Å². The summed E-state index contributed by atoms with van der Waals surface area (Å²) >= 11 is 6.05. The van der Waals surface area contributed by atoms with Crippen molar-refractivity contribution in [3.63, 3.8) is 0 Å². The molecule has 2 aliphatic rings. The van der Waals surface area contributed by atoms with Crippen LogP contribution in [0, 0.1) is 5.82 Å². The summed E-state index contributed by atoms with van der Waals surface area (Å²) in [6, 6.07) is 7.68. The van der Waals surface area contributed by atoms with E-state index in [4.69, 9.17) is 21.1 Å². The van der Waals surface area contributed by atoms with E-state index in [9.17, 15) is 19.1 Å².